The lowest BCUT2D eigenvalue weighted by Gasteiger charge is -2.47. The summed E-state index contributed by atoms with van der Waals surface area (Å²) >= 11 is 0. The van der Waals surface area contributed by atoms with Gasteiger partial charge < -0.3 is 9.84 Å². The van der Waals surface area contributed by atoms with Gasteiger partial charge in [0.1, 0.15) is 22.9 Å². The second kappa shape index (κ2) is 7.48. The Morgan fingerprint density at radius 1 is 1.37 bits per heavy atom. The summed E-state index contributed by atoms with van der Waals surface area (Å²) in [5.74, 6) is -3.27. The minimum absolute atomic E-state index is 0.0171. The molecule has 0 saturated heterocycles. The summed E-state index contributed by atoms with van der Waals surface area (Å²) in [7, 11) is 0. The first-order valence-electron chi connectivity index (χ1n) is 14.7. The van der Waals surface area contributed by atoms with Crippen molar-refractivity contribution in [2.45, 2.75) is 103 Å². The van der Waals surface area contributed by atoms with Crippen molar-refractivity contribution in [2.75, 3.05) is 0 Å². The first kappa shape index (κ1) is 10.9. The fourth-order valence-electron chi connectivity index (χ4n) is 4.30. The molecule has 0 spiro atoms. The van der Waals surface area contributed by atoms with Gasteiger partial charge in [0.25, 0.3) is 0 Å². The van der Waals surface area contributed by atoms with Gasteiger partial charge in [-0.15, -0.1) is 0 Å². The van der Waals surface area contributed by atoms with Crippen LogP contribution in [0.5, 0.6) is 11.5 Å². The zero-order chi connectivity index (χ0) is 28.4. The zero-order valence-corrected chi connectivity index (χ0v) is 16.4. The number of carbonyl (C=O) groups is 1. The zero-order valence-electron chi connectivity index (χ0n) is 26.4. The van der Waals surface area contributed by atoms with E-state index < -0.39 is 48.7 Å². The molecule has 2 atom stereocenters. The SMILES string of the molecule is [2H]c1c(O)c2c(c([2H])c1C(C)(C)CCCCC([2H])([2H])C)OC(C([2H])([2H])[2H])(C([2H])([2H])[2H])[C@@H]1CCC(=O)C[C@@H]21. The number of rotatable bonds is 6. The standard InChI is InChI=1S/C24H36O3/c1-6-7-8-9-12-23(2,3)16-13-20(26)22-18-15-17(25)10-11-19(18)24(4,5)27-21(22)14-16/h13-14,18-19,26H,6-12,15H2,1-5H3/t18-,19-/m1/s1/i4D3,5D3,6D2,13D,14D. The van der Waals surface area contributed by atoms with Crippen LogP contribution in [0.3, 0.4) is 0 Å². The lowest BCUT2D eigenvalue weighted by Crippen LogP contribution is -2.47. The molecule has 1 aliphatic heterocycles. The van der Waals surface area contributed by atoms with E-state index in [2.05, 4.69) is 0 Å². The highest BCUT2D eigenvalue weighted by Gasteiger charge is 2.47. The summed E-state index contributed by atoms with van der Waals surface area (Å²) in [6.45, 7) is -1.24. The molecule has 0 radical (unpaired) electrons. The van der Waals surface area contributed by atoms with E-state index in [4.69, 9.17) is 18.4 Å². The van der Waals surface area contributed by atoms with Crippen LogP contribution in [0.15, 0.2) is 12.1 Å². The summed E-state index contributed by atoms with van der Waals surface area (Å²) < 4.78 is 88.3. The number of fused-ring (bicyclic) bond motifs is 3. The molecule has 0 bridgehead atoms. The Labute approximate surface area is 178 Å². The number of Topliss-reactive ketones (excluding diaryl/α,β-unsaturated/α-hetero) is 1. The average molecular weight is 383 g/mol. The van der Waals surface area contributed by atoms with E-state index in [1.165, 1.54) is 6.92 Å². The van der Waals surface area contributed by atoms with Crippen LogP contribution in [0.25, 0.3) is 0 Å². The Morgan fingerprint density at radius 3 is 2.85 bits per heavy atom. The van der Waals surface area contributed by atoms with Gasteiger partial charge >= 0.3 is 0 Å². The molecule has 3 nitrogen and oxygen atoms in total. The van der Waals surface area contributed by atoms with Crippen molar-refractivity contribution in [2.24, 2.45) is 5.92 Å². The maximum atomic E-state index is 12.4. The van der Waals surface area contributed by atoms with Crippen LogP contribution in [0.4, 0.5) is 0 Å². The molecule has 1 heterocycles. The summed E-state index contributed by atoms with van der Waals surface area (Å²) in [6, 6.07) is -0.682. The molecule has 0 aromatic heterocycles. The predicted octanol–water partition coefficient (Wildman–Crippen LogP) is 6.26. The number of aromatic hydroxyl groups is 1. The van der Waals surface area contributed by atoms with Gasteiger partial charge in [0.2, 0.25) is 0 Å². The van der Waals surface area contributed by atoms with Gasteiger partial charge in [-0.2, -0.15) is 0 Å². The first-order chi connectivity index (χ1) is 16.7. The molecular formula is C24H36O3. The Kier molecular flexibility index (Phi) is 3.02. The summed E-state index contributed by atoms with van der Waals surface area (Å²) in [6.07, 6.45) is 0.301. The molecule has 1 fully saturated rings. The number of hydrogen-bond donors (Lipinski definition) is 1. The molecule has 150 valence electrons. The molecule has 1 aromatic carbocycles. The van der Waals surface area contributed by atoms with Crippen molar-refractivity contribution in [3.8, 4) is 11.5 Å². The molecule has 1 saturated carbocycles. The predicted molar refractivity (Wildman–Crippen MR) is 110 cm³/mol. The van der Waals surface area contributed by atoms with Crippen molar-refractivity contribution in [3.05, 3.63) is 23.2 Å². The molecule has 1 N–H and O–H groups in total. The van der Waals surface area contributed by atoms with Gasteiger partial charge in [-0.25, -0.2) is 0 Å². The van der Waals surface area contributed by atoms with E-state index in [1.54, 1.807) is 13.8 Å². The van der Waals surface area contributed by atoms with Crippen molar-refractivity contribution in [1.82, 2.24) is 0 Å². The van der Waals surface area contributed by atoms with E-state index in [-0.39, 0.29) is 54.0 Å². The van der Waals surface area contributed by atoms with Crippen molar-refractivity contribution in [3.63, 3.8) is 0 Å². The van der Waals surface area contributed by atoms with Crippen LogP contribution in [-0.2, 0) is 10.2 Å². The number of hydrogen-bond acceptors (Lipinski definition) is 3. The van der Waals surface area contributed by atoms with Crippen LogP contribution in [-0.4, -0.2) is 16.5 Å². The molecule has 1 aliphatic carbocycles. The fourth-order valence-corrected chi connectivity index (χ4v) is 4.30. The normalized spacial score (nSPS) is 31.0. The van der Waals surface area contributed by atoms with Crippen molar-refractivity contribution in [1.29, 1.82) is 0 Å². The maximum absolute atomic E-state index is 12.4. The minimum Gasteiger partial charge on any atom is -0.508 e. The Balaban J connectivity index is 2.20. The lowest BCUT2D eigenvalue weighted by molar-refractivity contribution is -0.124. The fraction of sp³-hybridized carbons (Fsp3) is 0.708. The van der Waals surface area contributed by atoms with E-state index >= 15 is 0 Å². The van der Waals surface area contributed by atoms with Gasteiger partial charge in [0.15, 0.2) is 0 Å². The van der Waals surface area contributed by atoms with E-state index in [9.17, 15) is 9.90 Å². The topological polar surface area (TPSA) is 46.5 Å². The van der Waals surface area contributed by atoms with Crippen LogP contribution in [0.2, 0.25) is 0 Å². The van der Waals surface area contributed by atoms with Gasteiger partial charge in [0, 0.05) is 41.2 Å². The number of unbranched alkanes of at least 4 members (excludes halogenated alkanes) is 1. The van der Waals surface area contributed by atoms with Crippen LogP contribution in [0.1, 0.15) is 117 Å². The number of carbonyl (C=O) groups excluding carboxylic acids is 1. The lowest BCUT2D eigenvalue weighted by atomic mass is 9.66. The monoisotopic (exact) mass is 382 g/mol. The smallest absolute Gasteiger partial charge is 0.133 e. The van der Waals surface area contributed by atoms with Crippen LogP contribution >= 0.6 is 0 Å². The summed E-state index contributed by atoms with van der Waals surface area (Å²) in [5, 5.41) is 11.2. The number of ketones is 1. The Hall–Kier alpha value is -1.51. The van der Waals surface area contributed by atoms with E-state index in [1.807, 2.05) is 0 Å². The minimum atomic E-state index is -3.13. The largest absolute Gasteiger partial charge is 0.508 e. The number of phenolic OH excluding ortho intramolecular Hbond substituents is 1. The number of phenols is 1. The van der Waals surface area contributed by atoms with Crippen LogP contribution < -0.4 is 4.74 Å². The Morgan fingerprint density at radius 2 is 2.15 bits per heavy atom. The highest BCUT2D eigenvalue weighted by molar-refractivity contribution is 5.81. The average Bonchev–Trinajstić information content (AvgIpc) is 2.71. The Bertz CT molecular complexity index is 1040. The third kappa shape index (κ3) is 4.02. The maximum Gasteiger partial charge on any atom is 0.133 e. The molecular weight excluding hydrogens is 336 g/mol. The quantitative estimate of drug-likeness (QED) is 0.590. The van der Waals surface area contributed by atoms with Crippen molar-refractivity contribution >= 4 is 5.78 Å². The second-order valence-corrected chi connectivity index (χ2v) is 8.49. The molecule has 2 aliphatic rings. The van der Waals surface area contributed by atoms with Gasteiger partial charge in [0.05, 0.1) is 2.74 Å². The summed E-state index contributed by atoms with van der Waals surface area (Å²) in [4.78, 5) is 12.4. The van der Waals surface area contributed by atoms with E-state index in [0.717, 1.165) is 0 Å². The van der Waals surface area contributed by atoms with Gasteiger partial charge in [-0.1, -0.05) is 46.4 Å². The molecule has 1 aromatic rings. The van der Waals surface area contributed by atoms with Gasteiger partial charge in [-0.3, -0.25) is 4.79 Å². The second-order valence-electron chi connectivity index (χ2n) is 8.49. The van der Waals surface area contributed by atoms with Crippen LogP contribution in [0, 0.1) is 5.92 Å². The third-order valence-electron chi connectivity index (χ3n) is 5.96. The molecule has 3 rings (SSSR count). The highest BCUT2D eigenvalue weighted by Crippen LogP contribution is 2.54. The highest BCUT2D eigenvalue weighted by atomic mass is 16.5. The molecule has 0 unspecified atom stereocenters. The molecule has 3 heteroatoms. The number of ether oxygens (including phenoxy) is 1. The number of benzene rings is 1. The van der Waals surface area contributed by atoms with Gasteiger partial charge in [-0.05, 0) is 49.6 Å². The first-order valence-corrected chi connectivity index (χ1v) is 9.73. The third-order valence-corrected chi connectivity index (χ3v) is 5.96. The summed E-state index contributed by atoms with van der Waals surface area (Å²) in [5.41, 5.74) is -3.49. The molecule has 0 amide bonds. The van der Waals surface area contributed by atoms with Crippen molar-refractivity contribution < 1.29 is 28.3 Å². The molecule has 27 heavy (non-hydrogen) atoms. The van der Waals surface area contributed by atoms with E-state index in [0.29, 0.717) is 25.7 Å².